The topological polar surface area (TPSA) is 21.3 Å². The second kappa shape index (κ2) is 6.58. The van der Waals surface area contributed by atoms with Gasteiger partial charge in [0, 0.05) is 18.2 Å². The molecule has 2 nitrogen and oxygen atoms in total. The molecule has 0 fully saturated rings. The summed E-state index contributed by atoms with van der Waals surface area (Å²) in [7, 11) is 1.73. The van der Waals surface area contributed by atoms with Gasteiger partial charge in [0.15, 0.2) is 0 Å². The van der Waals surface area contributed by atoms with Gasteiger partial charge < -0.3 is 10.1 Å². The zero-order valence-electron chi connectivity index (χ0n) is 12.7. The van der Waals surface area contributed by atoms with Crippen molar-refractivity contribution in [3.63, 3.8) is 0 Å². The van der Waals surface area contributed by atoms with Gasteiger partial charge in [-0.15, -0.1) is 0 Å². The lowest BCUT2D eigenvalue weighted by atomic mass is 10.0. The summed E-state index contributed by atoms with van der Waals surface area (Å²) in [6, 6.07) is 15.1. The molecule has 1 unspecified atom stereocenters. The number of ether oxygens (including phenoxy) is 1. The van der Waals surface area contributed by atoms with Crippen molar-refractivity contribution in [2.75, 3.05) is 7.11 Å². The second-order valence-corrected chi connectivity index (χ2v) is 5.27. The van der Waals surface area contributed by atoms with Gasteiger partial charge in [-0.2, -0.15) is 0 Å². The molecular formula is C18H23NO. The van der Waals surface area contributed by atoms with Crippen molar-refractivity contribution in [3.8, 4) is 5.75 Å². The zero-order valence-corrected chi connectivity index (χ0v) is 12.7. The van der Waals surface area contributed by atoms with Gasteiger partial charge in [0.05, 0.1) is 7.11 Å². The van der Waals surface area contributed by atoms with Crippen LogP contribution < -0.4 is 10.1 Å². The van der Waals surface area contributed by atoms with E-state index < -0.39 is 0 Å². The van der Waals surface area contributed by atoms with Crippen molar-refractivity contribution in [2.45, 2.75) is 33.4 Å². The Morgan fingerprint density at radius 3 is 2.55 bits per heavy atom. The number of hydrogen-bond donors (Lipinski definition) is 1. The number of nitrogens with one attached hydrogen (secondary N) is 1. The van der Waals surface area contributed by atoms with Crippen LogP contribution in [0.3, 0.4) is 0 Å². The maximum Gasteiger partial charge on any atom is 0.123 e. The maximum atomic E-state index is 5.48. The molecule has 2 aromatic rings. The van der Waals surface area contributed by atoms with E-state index in [1.165, 1.54) is 22.3 Å². The summed E-state index contributed by atoms with van der Waals surface area (Å²) in [5.41, 5.74) is 5.08. The molecule has 0 aliphatic heterocycles. The number of benzene rings is 2. The molecule has 106 valence electrons. The monoisotopic (exact) mass is 269 g/mol. The lowest BCUT2D eigenvalue weighted by Crippen LogP contribution is -2.19. The van der Waals surface area contributed by atoms with Crippen LogP contribution in [0, 0.1) is 13.8 Å². The molecule has 1 atom stereocenters. The fourth-order valence-corrected chi connectivity index (χ4v) is 2.36. The van der Waals surface area contributed by atoms with Crippen molar-refractivity contribution >= 4 is 0 Å². The molecule has 0 radical (unpaired) electrons. The molecule has 2 heteroatoms. The third kappa shape index (κ3) is 3.40. The van der Waals surface area contributed by atoms with E-state index in [-0.39, 0.29) is 6.04 Å². The first-order valence-corrected chi connectivity index (χ1v) is 7.04. The predicted molar refractivity (Wildman–Crippen MR) is 84.2 cm³/mol. The zero-order chi connectivity index (χ0) is 14.5. The van der Waals surface area contributed by atoms with E-state index in [1.807, 2.05) is 0 Å². The van der Waals surface area contributed by atoms with Gasteiger partial charge in [-0.1, -0.05) is 36.4 Å². The van der Waals surface area contributed by atoms with E-state index in [1.54, 1.807) is 7.11 Å². The van der Waals surface area contributed by atoms with Crippen LogP contribution >= 0.6 is 0 Å². The van der Waals surface area contributed by atoms with Crippen LogP contribution in [0.4, 0.5) is 0 Å². The van der Waals surface area contributed by atoms with E-state index in [2.05, 4.69) is 68.6 Å². The smallest absolute Gasteiger partial charge is 0.123 e. The predicted octanol–water partition coefficient (Wildman–Crippen LogP) is 4.16. The third-order valence-electron chi connectivity index (χ3n) is 3.72. The molecule has 20 heavy (non-hydrogen) atoms. The first-order valence-electron chi connectivity index (χ1n) is 7.04. The molecule has 0 saturated carbocycles. The lowest BCUT2D eigenvalue weighted by Gasteiger charge is -2.18. The average molecular weight is 269 g/mol. The summed E-state index contributed by atoms with van der Waals surface area (Å²) in [6.07, 6.45) is 0. The van der Waals surface area contributed by atoms with Gasteiger partial charge in [0.2, 0.25) is 0 Å². The molecule has 2 aromatic carbocycles. The van der Waals surface area contributed by atoms with Gasteiger partial charge in [-0.25, -0.2) is 0 Å². The van der Waals surface area contributed by atoms with Crippen molar-refractivity contribution in [1.82, 2.24) is 5.32 Å². The van der Waals surface area contributed by atoms with E-state index in [4.69, 9.17) is 4.74 Å². The van der Waals surface area contributed by atoms with Crippen molar-refractivity contribution in [1.29, 1.82) is 0 Å². The quantitative estimate of drug-likeness (QED) is 0.880. The number of rotatable bonds is 5. The highest BCUT2D eigenvalue weighted by molar-refractivity contribution is 5.39. The minimum absolute atomic E-state index is 0.255. The molecule has 0 heterocycles. The van der Waals surface area contributed by atoms with Crippen molar-refractivity contribution in [2.24, 2.45) is 0 Å². The summed E-state index contributed by atoms with van der Waals surface area (Å²) >= 11 is 0. The van der Waals surface area contributed by atoms with Gasteiger partial charge in [0.1, 0.15) is 5.75 Å². The van der Waals surface area contributed by atoms with Gasteiger partial charge in [-0.05, 0) is 43.5 Å². The average Bonchev–Trinajstić information content (AvgIpc) is 2.46. The molecule has 1 N–H and O–H groups in total. The molecule has 0 aliphatic carbocycles. The highest BCUT2D eigenvalue weighted by atomic mass is 16.5. The minimum atomic E-state index is 0.255. The van der Waals surface area contributed by atoms with Crippen LogP contribution in [0.1, 0.15) is 35.2 Å². The van der Waals surface area contributed by atoms with Gasteiger partial charge in [-0.3, -0.25) is 0 Å². The molecule has 0 aromatic heterocycles. The minimum Gasteiger partial charge on any atom is -0.496 e. The summed E-state index contributed by atoms with van der Waals surface area (Å²) in [6.45, 7) is 7.27. The van der Waals surface area contributed by atoms with Crippen LogP contribution in [0.15, 0.2) is 42.5 Å². The summed E-state index contributed by atoms with van der Waals surface area (Å²) in [5, 5.41) is 3.57. The Kier molecular flexibility index (Phi) is 4.80. The van der Waals surface area contributed by atoms with Gasteiger partial charge in [0.25, 0.3) is 0 Å². The van der Waals surface area contributed by atoms with Crippen molar-refractivity contribution in [3.05, 3.63) is 64.7 Å². The fraction of sp³-hybridized carbons (Fsp3) is 0.333. The van der Waals surface area contributed by atoms with Gasteiger partial charge >= 0.3 is 0 Å². The van der Waals surface area contributed by atoms with Crippen LogP contribution in [-0.2, 0) is 6.54 Å². The number of hydrogen-bond acceptors (Lipinski definition) is 2. The SMILES string of the molecule is COc1cc(C)ccc1C(C)NCc1ccccc1C. The Labute approximate surface area is 121 Å². The third-order valence-corrected chi connectivity index (χ3v) is 3.72. The van der Waals surface area contributed by atoms with Crippen LogP contribution in [0.2, 0.25) is 0 Å². The van der Waals surface area contributed by atoms with E-state index in [0.717, 1.165) is 12.3 Å². The Hall–Kier alpha value is -1.80. The normalized spacial score (nSPS) is 12.2. The Morgan fingerprint density at radius 2 is 1.85 bits per heavy atom. The molecule has 0 bridgehead atoms. The van der Waals surface area contributed by atoms with E-state index in [9.17, 15) is 0 Å². The van der Waals surface area contributed by atoms with Crippen LogP contribution in [0.25, 0.3) is 0 Å². The molecule has 0 spiro atoms. The molecule has 0 aliphatic rings. The standard InChI is InChI=1S/C18H23NO/c1-13-9-10-17(18(11-13)20-4)15(3)19-12-16-8-6-5-7-14(16)2/h5-11,15,19H,12H2,1-4H3. The summed E-state index contributed by atoms with van der Waals surface area (Å²) in [5.74, 6) is 0.954. The molecule has 0 amide bonds. The highest BCUT2D eigenvalue weighted by Gasteiger charge is 2.11. The van der Waals surface area contributed by atoms with Crippen LogP contribution in [0.5, 0.6) is 5.75 Å². The van der Waals surface area contributed by atoms with E-state index in [0.29, 0.717) is 0 Å². The second-order valence-electron chi connectivity index (χ2n) is 5.27. The maximum absolute atomic E-state index is 5.48. The first kappa shape index (κ1) is 14.6. The first-order chi connectivity index (χ1) is 9.61. The number of aryl methyl sites for hydroxylation is 2. The largest absolute Gasteiger partial charge is 0.496 e. The lowest BCUT2D eigenvalue weighted by molar-refractivity contribution is 0.401. The molecular weight excluding hydrogens is 246 g/mol. The highest BCUT2D eigenvalue weighted by Crippen LogP contribution is 2.26. The Bertz CT molecular complexity index is 577. The van der Waals surface area contributed by atoms with Crippen molar-refractivity contribution < 1.29 is 4.74 Å². The molecule has 0 saturated heterocycles. The number of methoxy groups -OCH3 is 1. The fourth-order valence-electron chi connectivity index (χ4n) is 2.36. The Balaban J connectivity index is 2.09. The molecule has 2 rings (SSSR count). The summed E-state index contributed by atoms with van der Waals surface area (Å²) in [4.78, 5) is 0. The summed E-state index contributed by atoms with van der Waals surface area (Å²) < 4.78 is 5.48. The van der Waals surface area contributed by atoms with E-state index >= 15 is 0 Å². The Morgan fingerprint density at radius 1 is 1.10 bits per heavy atom. The van der Waals surface area contributed by atoms with Crippen LogP contribution in [-0.4, -0.2) is 7.11 Å².